The van der Waals surface area contributed by atoms with Gasteiger partial charge in [0.05, 0.1) is 12.2 Å². The summed E-state index contributed by atoms with van der Waals surface area (Å²) in [5.41, 5.74) is 2.12. The third kappa shape index (κ3) is 2.64. The number of rotatable bonds is 1. The second-order valence-electron chi connectivity index (χ2n) is 6.37. The zero-order valence-corrected chi connectivity index (χ0v) is 11.7. The van der Waals surface area contributed by atoms with E-state index in [1.165, 1.54) is 5.56 Å². The first-order valence-corrected chi connectivity index (χ1v) is 6.58. The van der Waals surface area contributed by atoms with E-state index in [0.29, 0.717) is 25.2 Å². The summed E-state index contributed by atoms with van der Waals surface area (Å²) < 4.78 is 5.83. The van der Waals surface area contributed by atoms with Crippen molar-refractivity contribution < 1.29 is 9.53 Å². The molecule has 1 fully saturated rings. The van der Waals surface area contributed by atoms with Gasteiger partial charge in [-0.3, -0.25) is 4.79 Å². The van der Waals surface area contributed by atoms with Gasteiger partial charge in [-0.05, 0) is 23.5 Å². The minimum Gasteiger partial charge on any atom is -0.370 e. The largest absolute Gasteiger partial charge is 0.370 e. The Labute approximate surface area is 109 Å². The van der Waals surface area contributed by atoms with Crippen LogP contribution in [0.25, 0.3) is 0 Å². The fourth-order valence-corrected chi connectivity index (χ4v) is 2.41. The maximum absolute atomic E-state index is 11.6. The first-order valence-electron chi connectivity index (χ1n) is 6.58. The van der Waals surface area contributed by atoms with Crippen LogP contribution < -0.4 is 0 Å². The van der Waals surface area contributed by atoms with E-state index in [9.17, 15) is 4.79 Å². The molecule has 1 aliphatic heterocycles. The van der Waals surface area contributed by atoms with Gasteiger partial charge in [-0.1, -0.05) is 45.0 Å². The van der Waals surface area contributed by atoms with Crippen LogP contribution in [0, 0.1) is 0 Å². The summed E-state index contributed by atoms with van der Waals surface area (Å²) in [6, 6.07) is 8.48. The number of ketones is 1. The first-order chi connectivity index (χ1) is 8.31. The molecule has 18 heavy (non-hydrogen) atoms. The van der Waals surface area contributed by atoms with Gasteiger partial charge in [-0.2, -0.15) is 0 Å². The molecule has 98 valence electrons. The van der Waals surface area contributed by atoms with Crippen LogP contribution in [0.2, 0.25) is 0 Å². The summed E-state index contributed by atoms with van der Waals surface area (Å²) in [5.74, 6) is 0.295. The standard InChI is InChI=1S/C16H22O2/c1-15(2,3)12-5-7-13(8-6-12)16(4)11-14(17)9-10-18-16/h5-8H,9-11H2,1-4H3. The Bertz CT molecular complexity index is 439. The molecule has 1 aromatic rings. The van der Waals surface area contributed by atoms with Gasteiger partial charge in [0.2, 0.25) is 0 Å². The second-order valence-corrected chi connectivity index (χ2v) is 6.37. The molecule has 0 saturated carbocycles. The van der Waals surface area contributed by atoms with Crippen molar-refractivity contribution in [1.82, 2.24) is 0 Å². The predicted octanol–water partition coefficient (Wildman–Crippen LogP) is 3.58. The van der Waals surface area contributed by atoms with Gasteiger partial charge in [0, 0.05) is 12.8 Å². The molecule has 0 N–H and O–H groups in total. The van der Waals surface area contributed by atoms with Crippen molar-refractivity contribution in [2.24, 2.45) is 0 Å². The third-order valence-electron chi connectivity index (χ3n) is 3.70. The highest BCUT2D eigenvalue weighted by Gasteiger charge is 2.34. The molecule has 0 bridgehead atoms. The molecule has 0 spiro atoms. The normalized spacial score (nSPS) is 25.2. The summed E-state index contributed by atoms with van der Waals surface area (Å²) >= 11 is 0. The van der Waals surface area contributed by atoms with E-state index >= 15 is 0 Å². The lowest BCUT2D eigenvalue weighted by Crippen LogP contribution is -2.34. The molecular weight excluding hydrogens is 224 g/mol. The lowest BCUT2D eigenvalue weighted by molar-refractivity contribution is -0.138. The van der Waals surface area contributed by atoms with Gasteiger partial charge >= 0.3 is 0 Å². The molecule has 0 amide bonds. The Morgan fingerprint density at radius 2 is 1.78 bits per heavy atom. The summed E-state index contributed by atoms with van der Waals surface area (Å²) in [5, 5.41) is 0. The van der Waals surface area contributed by atoms with E-state index in [1.807, 2.05) is 6.92 Å². The predicted molar refractivity (Wildman–Crippen MR) is 72.7 cm³/mol. The zero-order valence-electron chi connectivity index (χ0n) is 11.7. The van der Waals surface area contributed by atoms with Crippen molar-refractivity contribution in [3.05, 3.63) is 35.4 Å². The Morgan fingerprint density at radius 3 is 2.28 bits per heavy atom. The first kappa shape index (κ1) is 13.3. The SMILES string of the molecule is CC(C)(C)c1ccc(C2(C)CC(=O)CCO2)cc1. The van der Waals surface area contributed by atoms with E-state index in [-0.39, 0.29) is 5.41 Å². The fraction of sp³-hybridized carbons (Fsp3) is 0.562. The molecule has 1 saturated heterocycles. The monoisotopic (exact) mass is 246 g/mol. The Hall–Kier alpha value is -1.15. The number of ether oxygens (including phenoxy) is 1. The van der Waals surface area contributed by atoms with Gasteiger partial charge in [-0.15, -0.1) is 0 Å². The highest BCUT2D eigenvalue weighted by Crippen LogP contribution is 2.34. The summed E-state index contributed by atoms with van der Waals surface area (Å²) in [6.07, 6.45) is 1.04. The van der Waals surface area contributed by atoms with Crippen molar-refractivity contribution in [3.63, 3.8) is 0 Å². The van der Waals surface area contributed by atoms with Gasteiger partial charge in [0.25, 0.3) is 0 Å². The van der Waals surface area contributed by atoms with E-state index < -0.39 is 5.60 Å². The average molecular weight is 246 g/mol. The average Bonchev–Trinajstić information content (AvgIpc) is 2.28. The number of hydrogen-bond donors (Lipinski definition) is 0. The van der Waals surface area contributed by atoms with Crippen molar-refractivity contribution in [2.75, 3.05) is 6.61 Å². The number of carbonyl (C=O) groups excluding carboxylic acids is 1. The van der Waals surface area contributed by atoms with E-state index in [1.54, 1.807) is 0 Å². The van der Waals surface area contributed by atoms with Crippen LogP contribution in [0.5, 0.6) is 0 Å². The molecule has 1 aliphatic rings. The number of hydrogen-bond acceptors (Lipinski definition) is 2. The van der Waals surface area contributed by atoms with Gasteiger partial charge in [0.15, 0.2) is 0 Å². The molecule has 0 radical (unpaired) electrons. The van der Waals surface area contributed by atoms with Crippen molar-refractivity contribution in [2.45, 2.75) is 51.6 Å². The third-order valence-corrected chi connectivity index (χ3v) is 3.70. The molecule has 0 aromatic heterocycles. The number of Topliss-reactive ketones (excluding diaryl/α,β-unsaturated/α-hetero) is 1. The van der Waals surface area contributed by atoms with Crippen LogP contribution in [0.15, 0.2) is 24.3 Å². The molecule has 2 rings (SSSR count). The highest BCUT2D eigenvalue weighted by molar-refractivity contribution is 5.80. The Morgan fingerprint density at radius 1 is 1.17 bits per heavy atom. The minimum absolute atomic E-state index is 0.155. The van der Waals surface area contributed by atoms with Crippen LogP contribution >= 0.6 is 0 Å². The Balaban J connectivity index is 2.26. The maximum atomic E-state index is 11.6. The quantitative estimate of drug-likeness (QED) is 0.757. The molecule has 2 nitrogen and oxygen atoms in total. The van der Waals surface area contributed by atoms with Crippen LogP contribution in [0.3, 0.4) is 0 Å². The number of benzene rings is 1. The van der Waals surface area contributed by atoms with Gasteiger partial charge < -0.3 is 4.74 Å². The van der Waals surface area contributed by atoms with Crippen LogP contribution in [0.1, 0.15) is 51.7 Å². The topological polar surface area (TPSA) is 26.3 Å². The van der Waals surface area contributed by atoms with Crippen molar-refractivity contribution >= 4 is 5.78 Å². The molecule has 1 aromatic carbocycles. The number of carbonyl (C=O) groups is 1. The summed E-state index contributed by atoms with van der Waals surface area (Å²) in [6.45, 7) is 9.14. The molecule has 1 heterocycles. The van der Waals surface area contributed by atoms with Crippen LogP contribution in [-0.4, -0.2) is 12.4 Å². The maximum Gasteiger partial charge on any atom is 0.138 e. The van der Waals surface area contributed by atoms with Crippen LogP contribution in [0.4, 0.5) is 0 Å². The van der Waals surface area contributed by atoms with E-state index in [0.717, 1.165) is 5.56 Å². The molecule has 1 unspecified atom stereocenters. The molecule has 0 aliphatic carbocycles. The zero-order chi connectivity index (χ0) is 13.4. The Kier molecular flexibility index (Phi) is 3.33. The van der Waals surface area contributed by atoms with Crippen molar-refractivity contribution in [3.8, 4) is 0 Å². The van der Waals surface area contributed by atoms with Gasteiger partial charge in [0.1, 0.15) is 5.78 Å². The summed E-state index contributed by atoms with van der Waals surface area (Å²) in [7, 11) is 0. The van der Waals surface area contributed by atoms with Gasteiger partial charge in [-0.25, -0.2) is 0 Å². The summed E-state index contributed by atoms with van der Waals surface area (Å²) in [4.78, 5) is 11.6. The van der Waals surface area contributed by atoms with Crippen molar-refractivity contribution in [1.29, 1.82) is 0 Å². The minimum atomic E-state index is -0.439. The van der Waals surface area contributed by atoms with Crippen LogP contribution in [-0.2, 0) is 20.5 Å². The van der Waals surface area contributed by atoms with E-state index in [4.69, 9.17) is 4.74 Å². The molecular formula is C16H22O2. The second kappa shape index (κ2) is 4.51. The lowest BCUT2D eigenvalue weighted by Gasteiger charge is -2.34. The van der Waals surface area contributed by atoms with E-state index in [2.05, 4.69) is 45.0 Å². The highest BCUT2D eigenvalue weighted by atomic mass is 16.5. The molecule has 2 heteroatoms. The smallest absolute Gasteiger partial charge is 0.138 e. The molecule has 1 atom stereocenters. The fourth-order valence-electron chi connectivity index (χ4n) is 2.41. The lowest BCUT2D eigenvalue weighted by atomic mass is 9.83.